The fourth-order valence-electron chi connectivity index (χ4n) is 2.41. The van der Waals surface area contributed by atoms with Crippen molar-refractivity contribution in [3.63, 3.8) is 0 Å². The van der Waals surface area contributed by atoms with Gasteiger partial charge in [-0.1, -0.05) is 49.6 Å². The number of hydrogen-bond donors (Lipinski definition) is 2. The van der Waals surface area contributed by atoms with Crippen LogP contribution in [0.5, 0.6) is 0 Å². The highest BCUT2D eigenvalue weighted by molar-refractivity contribution is 7.10. The molecule has 3 nitrogen and oxygen atoms in total. The van der Waals surface area contributed by atoms with Gasteiger partial charge in [-0.25, -0.2) is 0 Å². The van der Waals surface area contributed by atoms with Crippen LogP contribution in [0, 0.1) is 12.3 Å². The number of aryl methyl sites for hydroxylation is 1. The van der Waals surface area contributed by atoms with Crippen LogP contribution in [0.4, 0.5) is 0 Å². The molecule has 1 aromatic carbocycles. The third-order valence-corrected chi connectivity index (χ3v) is 4.47. The molecule has 1 aromatic heterocycles. The van der Waals surface area contributed by atoms with Gasteiger partial charge in [0.05, 0.1) is 19.1 Å². The second-order valence-electron chi connectivity index (χ2n) is 5.30. The quantitative estimate of drug-likeness (QED) is 0.732. The summed E-state index contributed by atoms with van der Waals surface area (Å²) in [5.74, 6) is 2.32. The van der Waals surface area contributed by atoms with E-state index in [0.29, 0.717) is 0 Å². The molecule has 0 aliphatic carbocycles. The molecule has 2 N–H and O–H groups in total. The van der Waals surface area contributed by atoms with E-state index in [1.54, 1.807) is 11.3 Å². The highest BCUT2D eigenvalue weighted by Crippen LogP contribution is 2.26. The molecule has 0 spiro atoms. The van der Waals surface area contributed by atoms with Gasteiger partial charge >= 0.3 is 0 Å². The number of carbonyl (C=O) groups excluding carboxylic acids is 1. The van der Waals surface area contributed by atoms with Crippen molar-refractivity contribution >= 4 is 17.2 Å². The van der Waals surface area contributed by atoms with Gasteiger partial charge in [0.1, 0.15) is 0 Å². The number of benzene rings is 1. The molecule has 1 heterocycles. The number of terminal acetylenes is 1. The minimum atomic E-state index is -0.0906. The summed E-state index contributed by atoms with van der Waals surface area (Å²) in [7, 11) is 0. The summed E-state index contributed by atoms with van der Waals surface area (Å²) in [5.41, 5.74) is 2.50. The first-order chi connectivity index (χ1) is 11.2. The first-order valence-corrected chi connectivity index (χ1v) is 8.68. The lowest BCUT2D eigenvalue weighted by Gasteiger charge is -2.18. The van der Waals surface area contributed by atoms with Crippen molar-refractivity contribution in [2.75, 3.05) is 13.1 Å². The van der Waals surface area contributed by atoms with Crippen molar-refractivity contribution in [2.45, 2.75) is 25.8 Å². The third kappa shape index (κ3) is 5.24. The van der Waals surface area contributed by atoms with Gasteiger partial charge in [-0.15, -0.1) is 17.8 Å². The Bertz CT molecular complexity index is 641. The monoisotopic (exact) mass is 326 g/mol. The summed E-state index contributed by atoms with van der Waals surface area (Å²) in [6, 6.07) is 12.7. The number of amides is 1. The SMILES string of the molecule is C#CCNC(=O)CN[C@@H](c1ccc(CCC)cc1)c1cccs1. The molecule has 0 saturated heterocycles. The molecule has 0 fully saturated rings. The normalized spacial score (nSPS) is 11.7. The van der Waals surface area contributed by atoms with E-state index in [2.05, 4.69) is 53.8 Å². The summed E-state index contributed by atoms with van der Waals surface area (Å²) in [6.07, 6.45) is 7.39. The highest BCUT2D eigenvalue weighted by atomic mass is 32.1. The summed E-state index contributed by atoms with van der Waals surface area (Å²) in [6.45, 7) is 2.68. The van der Waals surface area contributed by atoms with E-state index in [9.17, 15) is 4.79 Å². The van der Waals surface area contributed by atoms with E-state index in [1.165, 1.54) is 10.4 Å². The van der Waals surface area contributed by atoms with Gasteiger partial charge in [-0.2, -0.15) is 0 Å². The summed E-state index contributed by atoms with van der Waals surface area (Å²) in [4.78, 5) is 13.0. The molecular weight excluding hydrogens is 304 g/mol. The van der Waals surface area contributed by atoms with Crippen LogP contribution in [-0.2, 0) is 11.2 Å². The predicted molar refractivity (Wildman–Crippen MR) is 96.4 cm³/mol. The highest BCUT2D eigenvalue weighted by Gasteiger charge is 2.16. The second kappa shape index (κ2) is 9.14. The summed E-state index contributed by atoms with van der Waals surface area (Å²) >= 11 is 1.68. The van der Waals surface area contributed by atoms with Crippen molar-refractivity contribution in [2.24, 2.45) is 0 Å². The third-order valence-electron chi connectivity index (χ3n) is 3.53. The van der Waals surface area contributed by atoms with Crippen molar-refractivity contribution in [1.29, 1.82) is 0 Å². The first kappa shape index (κ1) is 17.3. The van der Waals surface area contributed by atoms with Crippen molar-refractivity contribution in [3.05, 3.63) is 57.8 Å². The lowest BCUT2D eigenvalue weighted by atomic mass is 10.0. The molecule has 4 heteroatoms. The Morgan fingerprint density at radius 1 is 1.30 bits per heavy atom. The fourth-order valence-corrected chi connectivity index (χ4v) is 3.24. The maximum absolute atomic E-state index is 11.8. The van der Waals surface area contributed by atoms with Crippen LogP contribution in [-0.4, -0.2) is 19.0 Å². The lowest BCUT2D eigenvalue weighted by Crippen LogP contribution is -2.36. The zero-order valence-electron chi connectivity index (χ0n) is 13.3. The van der Waals surface area contributed by atoms with E-state index in [1.807, 2.05) is 11.4 Å². The Kier molecular flexibility index (Phi) is 6.86. The van der Waals surface area contributed by atoms with Crippen LogP contribution in [0.25, 0.3) is 0 Å². The maximum atomic E-state index is 11.8. The van der Waals surface area contributed by atoms with Gasteiger partial charge in [-0.3, -0.25) is 10.1 Å². The Labute approximate surface area is 142 Å². The van der Waals surface area contributed by atoms with Crippen LogP contribution >= 0.6 is 11.3 Å². The average molecular weight is 326 g/mol. The first-order valence-electron chi connectivity index (χ1n) is 7.80. The predicted octanol–water partition coefficient (Wildman–Crippen LogP) is 3.13. The molecule has 0 aliphatic heterocycles. The largest absolute Gasteiger partial charge is 0.344 e. The van der Waals surface area contributed by atoms with Crippen LogP contribution in [0.2, 0.25) is 0 Å². The lowest BCUT2D eigenvalue weighted by molar-refractivity contribution is -0.120. The molecule has 2 rings (SSSR count). The Balaban J connectivity index is 2.09. The smallest absolute Gasteiger partial charge is 0.234 e. The van der Waals surface area contributed by atoms with Gasteiger partial charge in [0.15, 0.2) is 0 Å². The van der Waals surface area contributed by atoms with Gasteiger partial charge in [-0.05, 0) is 29.0 Å². The molecular formula is C19H22N2OS. The molecule has 2 aromatic rings. The zero-order chi connectivity index (χ0) is 16.5. The van der Waals surface area contributed by atoms with Gasteiger partial charge in [0, 0.05) is 4.88 Å². The topological polar surface area (TPSA) is 41.1 Å². The van der Waals surface area contributed by atoms with Gasteiger partial charge in [0.2, 0.25) is 5.91 Å². The molecule has 0 aliphatic rings. The molecule has 120 valence electrons. The van der Waals surface area contributed by atoms with Gasteiger partial charge in [0.25, 0.3) is 0 Å². The Morgan fingerprint density at radius 3 is 2.70 bits per heavy atom. The number of hydrogen-bond acceptors (Lipinski definition) is 3. The molecule has 23 heavy (non-hydrogen) atoms. The van der Waals surface area contributed by atoms with Gasteiger partial charge < -0.3 is 5.32 Å². The summed E-state index contributed by atoms with van der Waals surface area (Å²) in [5, 5.41) is 8.05. The van der Waals surface area contributed by atoms with E-state index < -0.39 is 0 Å². The van der Waals surface area contributed by atoms with Crippen LogP contribution < -0.4 is 10.6 Å². The standard InChI is InChI=1S/C19H22N2OS/c1-3-6-15-8-10-16(11-9-15)19(17-7-5-13-23-17)21-14-18(22)20-12-4-2/h2,5,7-11,13,19,21H,3,6,12,14H2,1H3,(H,20,22)/t19-/m0/s1. The van der Waals surface area contributed by atoms with Crippen molar-refractivity contribution in [1.82, 2.24) is 10.6 Å². The fraction of sp³-hybridized carbons (Fsp3) is 0.316. The van der Waals surface area contributed by atoms with Crippen LogP contribution in [0.1, 0.15) is 35.4 Å². The molecule has 0 unspecified atom stereocenters. The maximum Gasteiger partial charge on any atom is 0.234 e. The van der Waals surface area contributed by atoms with Crippen LogP contribution in [0.15, 0.2) is 41.8 Å². The number of thiophene rings is 1. The second-order valence-corrected chi connectivity index (χ2v) is 6.28. The number of rotatable bonds is 8. The molecule has 0 bridgehead atoms. The molecule has 1 amide bonds. The van der Waals surface area contributed by atoms with E-state index >= 15 is 0 Å². The average Bonchev–Trinajstić information content (AvgIpc) is 3.09. The molecule has 0 saturated carbocycles. The number of carbonyl (C=O) groups is 1. The number of nitrogens with one attached hydrogen (secondary N) is 2. The summed E-state index contributed by atoms with van der Waals surface area (Å²) < 4.78 is 0. The minimum absolute atomic E-state index is 0.0160. The zero-order valence-corrected chi connectivity index (χ0v) is 14.2. The van der Waals surface area contributed by atoms with Crippen molar-refractivity contribution < 1.29 is 4.79 Å². The van der Waals surface area contributed by atoms with E-state index in [0.717, 1.165) is 18.4 Å². The Morgan fingerprint density at radius 2 is 2.09 bits per heavy atom. The van der Waals surface area contributed by atoms with E-state index in [-0.39, 0.29) is 25.0 Å². The minimum Gasteiger partial charge on any atom is -0.344 e. The van der Waals surface area contributed by atoms with Crippen molar-refractivity contribution in [3.8, 4) is 12.3 Å². The van der Waals surface area contributed by atoms with E-state index in [4.69, 9.17) is 6.42 Å². The van der Waals surface area contributed by atoms with Crippen LogP contribution in [0.3, 0.4) is 0 Å². The molecule has 0 radical (unpaired) electrons. The molecule has 1 atom stereocenters. The Hall–Kier alpha value is -2.09.